The van der Waals surface area contributed by atoms with Gasteiger partial charge in [0.15, 0.2) is 11.5 Å². The zero-order valence-corrected chi connectivity index (χ0v) is 14.9. The van der Waals surface area contributed by atoms with Crippen molar-refractivity contribution in [3.05, 3.63) is 39.1 Å². The molecule has 0 aliphatic heterocycles. The molecule has 0 amide bonds. The lowest BCUT2D eigenvalue weighted by Gasteiger charge is -2.19. The number of benzene rings is 1. The average Bonchev–Trinajstić information content (AvgIpc) is 2.53. The van der Waals surface area contributed by atoms with Crippen LogP contribution in [-0.4, -0.2) is 28.8 Å². The molecule has 0 saturated heterocycles. The summed E-state index contributed by atoms with van der Waals surface area (Å²) in [5.41, 5.74) is 0.127. The van der Waals surface area contributed by atoms with Gasteiger partial charge in [0.25, 0.3) is 5.78 Å². The Labute approximate surface area is 150 Å². The Bertz CT molecular complexity index is 751. The van der Waals surface area contributed by atoms with Crippen LogP contribution in [0.15, 0.2) is 33.5 Å². The molecule has 2 N–H and O–H groups in total. The van der Waals surface area contributed by atoms with Crippen LogP contribution in [0.2, 0.25) is 0 Å². The number of hydrogen-bond donors (Lipinski definition) is 2. The number of aliphatic hydroxyl groups is 1. The first-order chi connectivity index (χ1) is 11.6. The van der Waals surface area contributed by atoms with E-state index in [1.165, 1.54) is 18.2 Å². The van der Waals surface area contributed by atoms with Crippen molar-refractivity contribution in [2.24, 2.45) is 0 Å². The van der Waals surface area contributed by atoms with Crippen LogP contribution < -0.4 is 4.74 Å². The summed E-state index contributed by atoms with van der Waals surface area (Å²) >= 11 is 3.17. The van der Waals surface area contributed by atoms with E-state index in [4.69, 9.17) is 4.74 Å². The first-order valence-electron chi connectivity index (χ1n) is 7.55. The van der Waals surface area contributed by atoms with Gasteiger partial charge in [-0.25, -0.2) is 0 Å². The van der Waals surface area contributed by atoms with Crippen molar-refractivity contribution < 1.29 is 32.9 Å². The van der Waals surface area contributed by atoms with Crippen molar-refractivity contribution in [1.82, 2.24) is 0 Å². The molecule has 0 radical (unpaired) electrons. The van der Waals surface area contributed by atoms with E-state index in [1.807, 2.05) is 0 Å². The Kier molecular flexibility index (Phi) is 5.82. The first kappa shape index (κ1) is 19.4. The Morgan fingerprint density at radius 3 is 2.60 bits per heavy atom. The first-order valence-corrected chi connectivity index (χ1v) is 8.34. The maximum atomic E-state index is 12.6. The molecule has 136 valence electrons. The van der Waals surface area contributed by atoms with Crippen molar-refractivity contribution in [2.45, 2.75) is 32.4 Å². The van der Waals surface area contributed by atoms with Crippen LogP contribution >= 0.6 is 15.9 Å². The lowest BCUT2D eigenvalue weighted by molar-refractivity contribution is -0.167. The molecule has 0 atom stereocenters. The zero-order valence-electron chi connectivity index (χ0n) is 13.3. The van der Waals surface area contributed by atoms with Gasteiger partial charge in [0.05, 0.1) is 11.1 Å². The molecule has 25 heavy (non-hydrogen) atoms. The van der Waals surface area contributed by atoms with Crippen LogP contribution in [0.3, 0.4) is 0 Å². The van der Waals surface area contributed by atoms with Gasteiger partial charge in [-0.1, -0.05) is 0 Å². The molecular formula is C17H16BrF3O4. The molecule has 1 aliphatic carbocycles. The standard InChI is InChI=1S/C17H16BrF3O4/c1-2-25-13-8-9(7-12(18)15(13)23)6-10-4-3-5-11(14(10)22)16(24)17(19,20)21/h6-8,22-23H,2-5H2,1H3/b10-6+. The monoisotopic (exact) mass is 420 g/mol. The second-order valence-corrected chi connectivity index (χ2v) is 6.31. The summed E-state index contributed by atoms with van der Waals surface area (Å²) in [6.45, 7) is 2.05. The molecule has 0 heterocycles. The summed E-state index contributed by atoms with van der Waals surface area (Å²) in [5.74, 6) is -2.54. The van der Waals surface area contributed by atoms with Crippen LogP contribution in [0.1, 0.15) is 31.7 Å². The van der Waals surface area contributed by atoms with E-state index < -0.39 is 23.3 Å². The summed E-state index contributed by atoms with van der Waals surface area (Å²) in [5, 5.41) is 20.0. The average molecular weight is 421 g/mol. The van der Waals surface area contributed by atoms with E-state index >= 15 is 0 Å². The predicted molar refractivity (Wildman–Crippen MR) is 89.5 cm³/mol. The van der Waals surface area contributed by atoms with Gasteiger partial charge in [-0.15, -0.1) is 0 Å². The molecule has 0 bridgehead atoms. The number of carbonyl (C=O) groups is 1. The van der Waals surface area contributed by atoms with Crippen LogP contribution in [0.4, 0.5) is 13.2 Å². The lowest BCUT2D eigenvalue weighted by Crippen LogP contribution is -2.27. The minimum atomic E-state index is -5.02. The molecule has 1 aromatic carbocycles. The number of carbonyl (C=O) groups excluding carboxylic acids is 1. The summed E-state index contributed by atoms with van der Waals surface area (Å²) in [4.78, 5) is 11.4. The number of rotatable bonds is 4. The van der Waals surface area contributed by atoms with Crippen LogP contribution in [-0.2, 0) is 4.79 Å². The molecule has 8 heteroatoms. The predicted octanol–water partition coefficient (Wildman–Crippen LogP) is 5.06. The van der Waals surface area contributed by atoms with Gasteiger partial charge in [0.2, 0.25) is 0 Å². The number of phenolic OH excluding ortho intramolecular Hbond substituents is 1. The Balaban J connectivity index is 2.45. The highest BCUT2D eigenvalue weighted by atomic mass is 79.9. The smallest absolute Gasteiger partial charge is 0.454 e. The molecular weight excluding hydrogens is 405 g/mol. The van der Waals surface area contributed by atoms with Crippen molar-refractivity contribution in [3.8, 4) is 11.5 Å². The fraction of sp³-hybridized carbons (Fsp3) is 0.353. The number of alkyl halides is 3. The molecule has 0 saturated carbocycles. The number of halogens is 4. The largest absolute Gasteiger partial charge is 0.507 e. The maximum Gasteiger partial charge on any atom is 0.454 e. The summed E-state index contributed by atoms with van der Waals surface area (Å²) in [6.07, 6.45) is -3.00. The summed E-state index contributed by atoms with van der Waals surface area (Å²) in [7, 11) is 0. The molecule has 4 nitrogen and oxygen atoms in total. The molecule has 2 rings (SSSR count). The van der Waals surface area contributed by atoms with Crippen molar-refractivity contribution in [3.63, 3.8) is 0 Å². The Hall–Kier alpha value is -1.96. The van der Waals surface area contributed by atoms with Gasteiger partial charge in [-0.05, 0) is 71.5 Å². The highest BCUT2D eigenvalue weighted by Crippen LogP contribution is 2.38. The molecule has 0 spiro atoms. The fourth-order valence-electron chi connectivity index (χ4n) is 2.56. The highest BCUT2D eigenvalue weighted by Gasteiger charge is 2.42. The topological polar surface area (TPSA) is 66.8 Å². The molecule has 0 unspecified atom stereocenters. The number of Topliss-reactive ketones (excluding diaryl/α,β-unsaturated/α-hetero) is 1. The molecule has 1 aliphatic rings. The zero-order chi connectivity index (χ0) is 18.8. The van der Waals surface area contributed by atoms with Crippen LogP contribution in [0.25, 0.3) is 6.08 Å². The van der Waals surface area contributed by atoms with E-state index in [2.05, 4.69) is 15.9 Å². The van der Waals surface area contributed by atoms with Crippen molar-refractivity contribution in [2.75, 3.05) is 6.61 Å². The fourth-order valence-corrected chi connectivity index (χ4v) is 3.02. The van der Waals surface area contributed by atoms with Gasteiger partial charge in [-0.2, -0.15) is 13.2 Å². The number of hydrogen-bond acceptors (Lipinski definition) is 4. The van der Waals surface area contributed by atoms with E-state index in [9.17, 15) is 28.2 Å². The number of aromatic hydroxyl groups is 1. The van der Waals surface area contributed by atoms with E-state index in [0.717, 1.165) is 0 Å². The lowest BCUT2D eigenvalue weighted by atomic mass is 9.89. The second kappa shape index (κ2) is 7.51. The quantitative estimate of drug-likeness (QED) is 0.713. The van der Waals surface area contributed by atoms with E-state index in [1.54, 1.807) is 6.92 Å². The van der Waals surface area contributed by atoms with E-state index in [0.29, 0.717) is 29.5 Å². The highest BCUT2D eigenvalue weighted by molar-refractivity contribution is 9.10. The summed E-state index contributed by atoms with van der Waals surface area (Å²) in [6, 6.07) is 3.04. The minimum Gasteiger partial charge on any atom is -0.507 e. The normalized spacial score (nSPS) is 17.1. The van der Waals surface area contributed by atoms with Gasteiger partial charge < -0.3 is 14.9 Å². The van der Waals surface area contributed by atoms with Crippen LogP contribution in [0.5, 0.6) is 11.5 Å². The Morgan fingerprint density at radius 2 is 2.00 bits per heavy atom. The molecule has 1 aromatic rings. The molecule has 0 aromatic heterocycles. The third-order valence-electron chi connectivity index (χ3n) is 3.69. The minimum absolute atomic E-state index is 0.0969. The van der Waals surface area contributed by atoms with Crippen molar-refractivity contribution in [1.29, 1.82) is 0 Å². The van der Waals surface area contributed by atoms with E-state index in [-0.39, 0.29) is 23.5 Å². The van der Waals surface area contributed by atoms with Crippen molar-refractivity contribution >= 4 is 27.8 Å². The van der Waals surface area contributed by atoms with Gasteiger partial charge in [-0.3, -0.25) is 4.79 Å². The van der Waals surface area contributed by atoms with Crippen LogP contribution in [0, 0.1) is 0 Å². The SMILES string of the molecule is CCOc1cc(/C=C2\CCCC(C(=O)C(F)(F)F)=C2O)cc(Br)c1O. The van der Waals surface area contributed by atoms with Gasteiger partial charge in [0, 0.05) is 5.57 Å². The number of phenols is 1. The second-order valence-electron chi connectivity index (χ2n) is 5.46. The van der Waals surface area contributed by atoms with Gasteiger partial charge >= 0.3 is 6.18 Å². The molecule has 0 fully saturated rings. The number of aliphatic hydroxyl groups excluding tert-OH is 1. The van der Waals surface area contributed by atoms with Gasteiger partial charge in [0.1, 0.15) is 5.76 Å². The Morgan fingerprint density at radius 1 is 1.32 bits per heavy atom. The number of allylic oxidation sites excluding steroid dienone is 2. The summed E-state index contributed by atoms with van der Waals surface area (Å²) < 4.78 is 43.5. The number of ketones is 1. The maximum absolute atomic E-state index is 12.6. The third kappa shape index (κ3) is 4.36. The number of ether oxygens (including phenoxy) is 1. The third-order valence-corrected chi connectivity index (χ3v) is 4.29.